The van der Waals surface area contributed by atoms with Crippen LogP contribution in [0.5, 0.6) is 0 Å². The summed E-state index contributed by atoms with van der Waals surface area (Å²) >= 11 is 0. The zero-order chi connectivity index (χ0) is 11.9. The Morgan fingerprint density at radius 2 is 1.94 bits per heavy atom. The Hall–Kier alpha value is -1.62. The van der Waals surface area contributed by atoms with Gasteiger partial charge in [-0.25, -0.2) is 4.98 Å². The van der Waals surface area contributed by atoms with Crippen molar-refractivity contribution in [1.29, 1.82) is 0 Å². The highest BCUT2D eigenvalue weighted by molar-refractivity contribution is 5.70. The monoisotopic (exact) mass is 245 g/mol. The van der Waals surface area contributed by atoms with E-state index in [0.717, 1.165) is 43.2 Å². The van der Waals surface area contributed by atoms with Gasteiger partial charge in [0.1, 0.15) is 0 Å². The summed E-state index contributed by atoms with van der Waals surface area (Å²) in [4.78, 5) is 11.2. The molecule has 2 aliphatic rings. The minimum atomic E-state index is 0.651. The summed E-state index contributed by atoms with van der Waals surface area (Å²) in [6.45, 7) is 3.14. The summed E-state index contributed by atoms with van der Waals surface area (Å²) in [5.74, 6) is 0.651. The van der Waals surface area contributed by atoms with Crippen LogP contribution in [0.3, 0.4) is 0 Å². The van der Waals surface area contributed by atoms with E-state index in [-0.39, 0.29) is 0 Å². The highest BCUT2D eigenvalue weighted by atomic mass is 16.5. The second-order valence-electron chi connectivity index (χ2n) is 4.93. The number of rotatable bonds is 2. The lowest BCUT2D eigenvalue weighted by Crippen LogP contribution is -2.36. The van der Waals surface area contributed by atoms with Gasteiger partial charge in [0.05, 0.1) is 13.2 Å². The van der Waals surface area contributed by atoms with Crippen LogP contribution in [-0.2, 0) is 4.74 Å². The van der Waals surface area contributed by atoms with Gasteiger partial charge in [-0.1, -0.05) is 0 Å². The maximum Gasteiger partial charge on any atom is 0.300 e. The molecule has 18 heavy (non-hydrogen) atoms. The molecule has 2 aromatic rings. The molecule has 3 heterocycles. The molecule has 1 saturated carbocycles. The minimum Gasteiger partial charge on any atom is -0.422 e. The van der Waals surface area contributed by atoms with Gasteiger partial charge in [-0.05, 0) is 25.0 Å². The largest absolute Gasteiger partial charge is 0.422 e. The molecule has 0 N–H and O–H groups in total. The van der Waals surface area contributed by atoms with E-state index in [4.69, 9.17) is 9.15 Å². The van der Waals surface area contributed by atoms with Crippen LogP contribution in [-0.4, -0.2) is 36.3 Å². The maximum absolute atomic E-state index is 5.76. The van der Waals surface area contributed by atoms with Gasteiger partial charge in [-0.15, -0.1) is 0 Å². The number of fused-ring (bicyclic) bond motifs is 1. The van der Waals surface area contributed by atoms with Crippen molar-refractivity contribution < 1.29 is 9.15 Å². The molecule has 0 atom stereocenters. The molecule has 1 saturated heterocycles. The van der Waals surface area contributed by atoms with Gasteiger partial charge < -0.3 is 14.1 Å². The molecule has 1 aliphatic carbocycles. The SMILES string of the molecule is c1cc2oc(N3CCOCC3)nc2nc1C1CC1. The summed E-state index contributed by atoms with van der Waals surface area (Å²) < 4.78 is 11.1. The Morgan fingerprint density at radius 3 is 2.72 bits per heavy atom. The fourth-order valence-corrected chi connectivity index (χ4v) is 2.32. The third kappa shape index (κ3) is 1.75. The first-order chi connectivity index (χ1) is 8.90. The number of anilines is 1. The fraction of sp³-hybridized carbons (Fsp3) is 0.538. The lowest BCUT2D eigenvalue weighted by Gasteiger charge is -2.24. The third-order valence-electron chi connectivity index (χ3n) is 3.54. The molecule has 0 radical (unpaired) electrons. The molecule has 1 aliphatic heterocycles. The Balaban J connectivity index is 1.69. The van der Waals surface area contributed by atoms with E-state index in [1.165, 1.54) is 12.8 Å². The van der Waals surface area contributed by atoms with Crippen LogP contribution in [0.25, 0.3) is 11.2 Å². The van der Waals surface area contributed by atoms with Gasteiger partial charge in [-0.2, -0.15) is 4.98 Å². The van der Waals surface area contributed by atoms with Crippen LogP contribution in [0.1, 0.15) is 24.5 Å². The molecular formula is C13H15N3O2. The topological polar surface area (TPSA) is 51.4 Å². The number of aromatic nitrogens is 2. The van der Waals surface area contributed by atoms with Crippen molar-refractivity contribution >= 4 is 17.2 Å². The van der Waals surface area contributed by atoms with Crippen LogP contribution < -0.4 is 4.90 Å². The van der Waals surface area contributed by atoms with Crippen LogP contribution in [0.15, 0.2) is 16.5 Å². The van der Waals surface area contributed by atoms with Gasteiger partial charge in [0.25, 0.3) is 6.01 Å². The predicted molar refractivity (Wildman–Crippen MR) is 66.8 cm³/mol. The van der Waals surface area contributed by atoms with Crippen LogP contribution in [0.4, 0.5) is 6.01 Å². The van der Waals surface area contributed by atoms with E-state index >= 15 is 0 Å². The highest BCUT2D eigenvalue weighted by Crippen LogP contribution is 2.39. The van der Waals surface area contributed by atoms with Crippen molar-refractivity contribution in [2.45, 2.75) is 18.8 Å². The van der Waals surface area contributed by atoms with Crippen LogP contribution in [0, 0.1) is 0 Å². The summed E-state index contributed by atoms with van der Waals surface area (Å²) in [5.41, 5.74) is 2.67. The van der Waals surface area contributed by atoms with E-state index in [1.807, 2.05) is 6.07 Å². The summed E-state index contributed by atoms with van der Waals surface area (Å²) in [6, 6.07) is 4.73. The van der Waals surface area contributed by atoms with Crippen molar-refractivity contribution in [3.05, 3.63) is 17.8 Å². The van der Waals surface area contributed by atoms with Crippen LogP contribution >= 0.6 is 0 Å². The molecule has 5 nitrogen and oxygen atoms in total. The number of oxazole rings is 1. The van der Waals surface area contributed by atoms with Crippen molar-refractivity contribution in [2.24, 2.45) is 0 Å². The van der Waals surface area contributed by atoms with Crippen molar-refractivity contribution in [2.75, 3.05) is 31.2 Å². The predicted octanol–water partition coefficient (Wildman–Crippen LogP) is 1.94. The molecule has 2 fully saturated rings. The second-order valence-corrected chi connectivity index (χ2v) is 4.93. The van der Waals surface area contributed by atoms with Crippen molar-refractivity contribution in [3.8, 4) is 0 Å². The average Bonchev–Trinajstić information content (AvgIpc) is 3.18. The number of morpholine rings is 1. The quantitative estimate of drug-likeness (QED) is 0.809. The number of hydrogen-bond acceptors (Lipinski definition) is 5. The van der Waals surface area contributed by atoms with E-state index < -0.39 is 0 Å². The summed E-state index contributed by atoms with van der Waals surface area (Å²) in [6.07, 6.45) is 2.51. The smallest absolute Gasteiger partial charge is 0.300 e. The molecule has 0 unspecified atom stereocenters. The number of pyridine rings is 1. The van der Waals surface area contributed by atoms with E-state index in [0.29, 0.717) is 11.9 Å². The zero-order valence-electron chi connectivity index (χ0n) is 10.1. The van der Waals surface area contributed by atoms with Crippen LogP contribution in [0.2, 0.25) is 0 Å². The molecular weight excluding hydrogens is 230 g/mol. The zero-order valence-corrected chi connectivity index (χ0v) is 10.1. The number of nitrogens with zero attached hydrogens (tertiary/aromatic N) is 3. The third-order valence-corrected chi connectivity index (χ3v) is 3.54. The van der Waals surface area contributed by atoms with Gasteiger partial charge >= 0.3 is 0 Å². The van der Waals surface area contributed by atoms with Gasteiger partial charge in [0, 0.05) is 24.7 Å². The Bertz CT molecular complexity index is 571. The summed E-state index contributed by atoms with van der Waals surface area (Å²) in [7, 11) is 0. The second kappa shape index (κ2) is 3.95. The van der Waals surface area contributed by atoms with E-state index in [9.17, 15) is 0 Å². The molecule has 0 amide bonds. The molecule has 2 aromatic heterocycles. The van der Waals surface area contributed by atoms with E-state index in [2.05, 4.69) is 20.9 Å². The van der Waals surface area contributed by atoms with Crippen molar-refractivity contribution in [1.82, 2.24) is 9.97 Å². The standard InChI is InChI=1S/C13H15N3O2/c1-2-9(1)10-3-4-11-12(14-10)15-13(18-11)16-5-7-17-8-6-16/h3-4,9H,1-2,5-8H2. The number of hydrogen-bond donors (Lipinski definition) is 0. The molecule has 5 heteroatoms. The van der Waals surface area contributed by atoms with E-state index in [1.54, 1.807) is 0 Å². The van der Waals surface area contributed by atoms with Crippen molar-refractivity contribution in [3.63, 3.8) is 0 Å². The Kier molecular flexibility index (Phi) is 2.26. The highest BCUT2D eigenvalue weighted by Gasteiger charge is 2.26. The summed E-state index contributed by atoms with van der Waals surface area (Å²) in [5, 5.41) is 0. The minimum absolute atomic E-state index is 0.651. The maximum atomic E-state index is 5.76. The molecule has 94 valence electrons. The Labute approximate surface area is 105 Å². The molecule has 0 spiro atoms. The first-order valence-electron chi connectivity index (χ1n) is 6.50. The van der Waals surface area contributed by atoms with Gasteiger partial charge in [-0.3, -0.25) is 0 Å². The van der Waals surface area contributed by atoms with Gasteiger partial charge in [0.2, 0.25) is 5.65 Å². The molecule has 0 aromatic carbocycles. The first-order valence-corrected chi connectivity index (χ1v) is 6.50. The average molecular weight is 245 g/mol. The number of ether oxygens (including phenoxy) is 1. The lowest BCUT2D eigenvalue weighted by atomic mass is 10.2. The lowest BCUT2D eigenvalue weighted by molar-refractivity contribution is 0.120. The van der Waals surface area contributed by atoms with Gasteiger partial charge in [0.15, 0.2) is 5.58 Å². The fourth-order valence-electron chi connectivity index (χ4n) is 2.32. The Morgan fingerprint density at radius 1 is 1.11 bits per heavy atom. The molecule has 0 bridgehead atoms. The first kappa shape index (κ1) is 10.3. The normalized spacial score (nSPS) is 20.6. The molecule has 4 rings (SSSR count).